The van der Waals surface area contributed by atoms with E-state index in [1.807, 2.05) is 19.9 Å². The summed E-state index contributed by atoms with van der Waals surface area (Å²) in [4.78, 5) is 33.4. The van der Waals surface area contributed by atoms with E-state index in [2.05, 4.69) is 25.8 Å². The molecule has 0 unspecified atom stereocenters. The Bertz CT molecular complexity index is 854. The lowest BCUT2D eigenvalue weighted by molar-refractivity contribution is -0.137. The molecule has 1 aromatic rings. The third-order valence-electron chi connectivity index (χ3n) is 7.53. The molecule has 2 aliphatic carbocycles. The number of aliphatic hydroxyl groups excluding tert-OH is 1. The van der Waals surface area contributed by atoms with Crippen molar-refractivity contribution in [3.05, 3.63) is 17.8 Å². The number of rotatable bonds is 13. The summed E-state index contributed by atoms with van der Waals surface area (Å²) in [7, 11) is 0. The third-order valence-corrected chi connectivity index (χ3v) is 7.53. The van der Waals surface area contributed by atoms with Gasteiger partial charge in [-0.2, -0.15) is 0 Å². The van der Waals surface area contributed by atoms with Crippen LogP contribution >= 0.6 is 0 Å². The summed E-state index contributed by atoms with van der Waals surface area (Å²) in [5.41, 5.74) is 1.01. The van der Waals surface area contributed by atoms with Gasteiger partial charge < -0.3 is 14.6 Å². The lowest BCUT2D eigenvalue weighted by atomic mass is 9.74. The van der Waals surface area contributed by atoms with Crippen LogP contribution in [0.4, 0.5) is 5.82 Å². The van der Waals surface area contributed by atoms with Crippen LogP contribution in [0.5, 0.6) is 5.75 Å². The van der Waals surface area contributed by atoms with E-state index in [1.165, 1.54) is 0 Å². The zero-order chi connectivity index (χ0) is 25.5. The van der Waals surface area contributed by atoms with Crippen LogP contribution in [0.2, 0.25) is 0 Å². The maximum Gasteiger partial charge on any atom is 0.234 e. The number of ketones is 1. The second-order valence-corrected chi connectivity index (χ2v) is 10.3. The van der Waals surface area contributed by atoms with E-state index in [0.29, 0.717) is 50.8 Å². The molecule has 7 heteroatoms. The first-order valence-corrected chi connectivity index (χ1v) is 13.5. The molecule has 0 radical (unpaired) electrons. The lowest BCUT2D eigenvalue weighted by Crippen LogP contribution is -2.48. The topological polar surface area (TPSA) is 89.0 Å². The number of aliphatic hydroxyl groups is 1. The van der Waals surface area contributed by atoms with Crippen LogP contribution < -0.4 is 9.64 Å². The van der Waals surface area contributed by atoms with Crippen LogP contribution in [-0.2, 0) is 20.7 Å². The van der Waals surface area contributed by atoms with E-state index in [-0.39, 0.29) is 23.7 Å². The van der Waals surface area contributed by atoms with Gasteiger partial charge in [0.05, 0.1) is 25.2 Å². The first-order valence-electron chi connectivity index (χ1n) is 13.5. The average molecular weight is 489 g/mol. The Balaban J connectivity index is 1.77. The maximum absolute atomic E-state index is 13.8. The van der Waals surface area contributed by atoms with Crippen LogP contribution in [0.3, 0.4) is 0 Å². The van der Waals surface area contributed by atoms with Crippen LogP contribution in [0, 0.1) is 23.7 Å². The molecule has 1 heterocycles. The van der Waals surface area contributed by atoms with E-state index in [1.54, 1.807) is 11.1 Å². The molecule has 1 amide bonds. The Morgan fingerprint density at radius 2 is 1.83 bits per heavy atom. The predicted molar refractivity (Wildman–Crippen MR) is 137 cm³/mol. The minimum atomic E-state index is -0.966. The molecule has 0 bridgehead atoms. The molecular weight excluding hydrogens is 444 g/mol. The van der Waals surface area contributed by atoms with Gasteiger partial charge in [0.25, 0.3) is 0 Å². The van der Waals surface area contributed by atoms with Gasteiger partial charge in [0.1, 0.15) is 17.4 Å². The van der Waals surface area contributed by atoms with E-state index < -0.39 is 17.9 Å². The molecule has 0 spiro atoms. The normalized spacial score (nSPS) is 23.2. The molecule has 196 valence electrons. The van der Waals surface area contributed by atoms with Crippen molar-refractivity contribution in [2.24, 2.45) is 23.7 Å². The Hall–Kier alpha value is -1.99. The summed E-state index contributed by atoms with van der Waals surface area (Å²) >= 11 is 0. The van der Waals surface area contributed by atoms with Crippen LogP contribution in [0.1, 0.15) is 78.7 Å². The highest BCUT2D eigenvalue weighted by atomic mass is 16.5. The minimum Gasteiger partial charge on any atom is -0.493 e. The Labute approximate surface area is 210 Å². The molecule has 2 aliphatic rings. The van der Waals surface area contributed by atoms with Crippen molar-refractivity contribution in [1.29, 1.82) is 0 Å². The quantitative estimate of drug-likeness (QED) is 0.437. The summed E-state index contributed by atoms with van der Waals surface area (Å²) in [6.45, 7) is 11.8. The SMILES string of the molecule is CCOC[C@H](CC(=O)[C@@H]1CCC[C@H](C(=O)N(c2cc(OCC)c(CC)cn2)C2CC2)[C@@H]1O)C(C)C. The minimum absolute atomic E-state index is 0.0513. The van der Waals surface area contributed by atoms with Crippen molar-refractivity contribution in [2.75, 3.05) is 24.7 Å². The zero-order valence-electron chi connectivity index (χ0n) is 22.2. The number of aromatic nitrogens is 1. The molecule has 2 fully saturated rings. The maximum atomic E-state index is 13.8. The Kier molecular flexibility index (Phi) is 10.1. The molecule has 35 heavy (non-hydrogen) atoms. The summed E-state index contributed by atoms with van der Waals surface area (Å²) in [6, 6.07) is 1.95. The summed E-state index contributed by atoms with van der Waals surface area (Å²) in [5.74, 6) is 0.599. The fourth-order valence-corrected chi connectivity index (χ4v) is 5.10. The zero-order valence-corrected chi connectivity index (χ0v) is 22.2. The molecule has 1 aromatic heterocycles. The van der Waals surface area contributed by atoms with E-state index in [9.17, 15) is 14.7 Å². The van der Waals surface area contributed by atoms with Gasteiger partial charge in [-0.15, -0.1) is 0 Å². The summed E-state index contributed by atoms with van der Waals surface area (Å²) in [5, 5.41) is 11.3. The standard InChI is InChI=1S/C28H44N2O5/c1-6-19-16-29-26(15-25(19)35-8-3)30(21-12-13-21)28(33)23-11-9-10-22(27(23)32)24(31)14-20(18(4)5)17-34-7-2/h15-16,18,20-23,27,32H,6-14,17H2,1-5H3/t20-,22-,23-,27+/m0/s1. The lowest BCUT2D eigenvalue weighted by Gasteiger charge is -2.36. The van der Waals surface area contributed by atoms with Gasteiger partial charge in [0, 0.05) is 42.8 Å². The van der Waals surface area contributed by atoms with Crippen LogP contribution in [0.25, 0.3) is 0 Å². The van der Waals surface area contributed by atoms with Crippen molar-refractivity contribution in [2.45, 2.75) is 91.7 Å². The van der Waals surface area contributed by atoms with Gasteiger partial charge in [-0.1, -0.05) is 27.2 Å². The molecule has 0 saturated heterocycles. The van der Waals surface area contributed by atoms with Gasteiger partial charge in [0.2, 0.25) is 5.91 Å². The molecule has 0 aromatic carbocycles. The number of nitrogens with zero attached hydrogens (tertiary/aromatic N) is 2. The highest BCUT2D eigenvalue weighted by Crippen LogP contribution is 2.39. The molecule has 1 N–H and O–H groups in total. The number of carbonyl (C=O) groups is 2. The predicted octanol–water partition coefficient (Wildman–Crippen LogP) is 4.58. The highest BCUT2D eigenvalue weighted by Gasteiger charge is 2.45. The Morgan fingerprint density at radius 1 is 1.11 bits per heavy atom. The van der Waals surface area contributed by atoms with E-state index in [0.717, 1.165) is 37.0 Å². The molecule has 2 saturated carbocycles. The monoisotopic (exact) mass is 488 g/mol. The number of amides is 1. The van der Waals surface area contributed by atoms with E-state index >= 15 is 0 Å². The smallest absolute Gasteiger partial charge is 0.234 e. The Morgan fingerprint density at radius 3 is 2.43 bits per heavy atom. The molecule has 4 atom stereocenters. The number of hydrogen-bond acceptors (Lipinski definition) is 6. The van der Waals surface area contributed by atoms with Gasteiger partial charge in [-0.25, -0.2) is 4.98 Å². The molecule has 3 rings (SSSR count). The van der Waals surface area contributed by atoms with Crippen molar-refractivity contribution in [3.63, 3.8) is 0 Å². The number of hydrogen-bond donors (Lipinski definition) is 1. The van der Waals surface area contributed by atoms with Crippen molar-refractivity contribution >= 4 is 17.5 Å². The number of pyridine rings is 1. The molecule has 7 nitrogen and oxygen atoms in total. The number of carbonyl (C=O) groups excluding carboxylic acids is 2. The first kappa shape index (κ1) is 27.6. The first-order chi connectivity index (χ1) is 16.8. The second kappa shape index (κ2) is 12.8. The van der Waals surface area contributed by atoms with Crippen molar-refractivity contribution in [3.8, 4) is 5.75 Å². The highest BCUT2D eigenvalue weighted by molar-refractivity contribution is 5.96. The van der Waals surface area contributed by atoms with Crippen LogP contribution in [-0.4, -0.2) is 53.7 Å². The van der Waals surface area contributed by atoms with Gasteiger partial charge >= 0.3 is 0 Å². The van der Waals surface area contributed by atoms with E-state index in [4.69, 9.17) is 9.47 Å². The summed E-state index contributed by atoms with van der Waals surface area (Å²) < 4.78 is 11.4. The number of anilines is 1. The third kappa shape index (κ3) is 6.82. The van der Waals surface area contributed by atoms with Crippen LogP contribution in [0.15, 0.2) is 12.3 Å². The molecular formula is C28H44N2O5. The van der Waals surface area contributed by atoms with Gasteiger partial charge in [-0.05, 0) is 57.8 Å². The second-order valence-electron chi connectivity index (χ2n) is 10.3. The largest absolute Gasteiger partial charge is 0.493 e. The number of Topliss-reactive ketones (excluding diaryl/α,β-unsaturated/α-hetero) is 1. The van der Waals surface area contributed by atoms with Gasteiger partial charge in [-0.3, -0.25) is 14.5 Å². The van der Waals surface area contributed by atoms with Crippen molar-refractivity contribution < 1.29 is 24.2 Å². The fraction of sp³-hybridized carbons (Fsp3) is 0.750. The number of aryl methyl sites for hydroxylation is 1. The number of ether oxygens (including phenoxy) is 2. The fourth-order valence-electron chi connectivity index (χ4n) is 5.10. The van der Waals surface area contributed by atoms with Gasteiger partial charge in [0.15, 0.2) is 0 Å². The summed E-state index contributed by atoms with van der Waals surface area (Å²) in [6.07, 6.45) is 5.82. The van der Waals surface area contributed by atoms with Crippen molar-refractivity contribution in [1.82, 2.24) is 4.98 Å². The average Bonchev–Trinajstić information content (AvgIpc) is 3.67. The molecule has 0 aliphatic heterocycles.